The Bertz CT molecular complexity index is 1460. The molecular formula is C32H37N3O6S. The molecule has 42 heavy (non-hydrogen) atoms. The fraction of sp³-hybridized carbons (Fsp3) is 0.438. The summed E-state index contributed by atoms with van der Waals surface area (Å²) >= 11 is 1.46. The van der Waals surface area contributed by atoms with Gasteiger partial charge in [0.1, 0.15) is 30.0 Å². The third kappa shape index (κ3) is 6.68. The first-order valence-corrected chi connectivity index (χ1v) is 15.3. The summed E-state index contributed by atoms with van der Waals surface area (Å²) in [6.07, 6.45) is 1.29. The molecule has 1 unspecified atom stereocenters. The third-order valence-electron chi connectivity index (χ3n) is 8.08. The van der Waals surface area contributed by atoms with Crippen LogP contribution < -0.4 is 10.2 Å². The molecule has 0 aliphatic carbocycles. The van der Waals surface area contributed by atoms with Crippen LogP contribution in [0.25, 0.3) is 27.3 Å². The molecule has 5 rings (SSSR count). The van der Waals surface area contributed by atoms with Crippen LogP contribution in [0.5, 0.6) is 0 Å². The lowest BCUT2D eigenvalue weighted by molar-refractivity contribution is -0.196. The first-order valence-electron chi connectivity index (χ1n) is 14.5. The topological polar surface area (TPSA) is 146 Å². The number of carbonyl (C=O) groups excluding carboxylic acids is 1. The Morgan fingerprint density at radius 1 is 1.02 bits per heavy atom. The van der Waals surface area contributed by atoms with Crippen LogP contribution in [0.2, 0.25) is 0 Å². The predicted octanol–water partition coefficient (Wildman–Crippen LogP) is 3.20. The maximum atomic E-state index is 13.1. The molecule has 5 atom stereocenters. The number of nitriles is 1. The van der Waals surface area contributed by atoms with E-state index in [4.69, 9.17) is 4.74 Å². The van der Waals surface area contributed by atoms with E-state index in [1.54, 1.807) is 0 Å². The van der Waals surface area contributed by atoms with Crippen LogP contribution in [0.15, 0.2) is 54.1 Å². The molecule has 2 aliphatic heterocycles. The monoisotopic (exact) mass is 591 g/mol. The lowest BCUT2D eigenvalue weighted by Gasteiger charge is -2.42. The van der Waals surface area contributed by atoms with Crippen molar-refractivity contribution in [1.82, 2.24) is 5.32 Å². The first-order chi connectivity index (χ1) is 20.4. The highest BCUT2D eigenvalue weighted by atomic mass is 32.1. The van der Waals surface area contributed by atoms with Crippen LogP contribution in [-0.4, -0.2) is 83.1 Å². The average molecular weight is 592 g/mol. The summed E-state index contributed by atoms with van der Waals surface area (Å²) in [5, 5.41) is 54.5. The van der Waals surface area contributed by atoms with Gasteiger partial charge >= 0.3 is 0 Å². The summed E-state index contributed by atoms with van der Waals surface area (Å²) < 4.78 is 5.70. The maximum absolute atomic E-state index is 13.1. The number of hydrogen-bond acceptors (Lipinski definition) is 9. The van der Waals surface area contributed by atoms with Crippen molar-refractivity contribution in [3.8, 4) is 16.5 Å². The lowest BCUT2D eigenvalue weighted by atomic mass is 9.90. The minimum atomic E-state index is -1.42. The summed E-state index contributed by atoms with van der Waals surface area (Å²) in [6.45, 7) is 1.58. The molecule has 0 saturated carbocycles. The van der Waals surface area contributed by atoms with Gasteiger partial charge in [-0.3, -0.25) is 4.79 Å². The fourth-order valence-corrected chi connectivity index (χ4v) is 6.70. The van der Waals surface area contributed by atoms with Crippen molar-refractivity contribution in [3.63, 3.8) is 0 Å². The molecule has 3 heterocycles. The lowest BCUT2D eigenvalue weighted by Crippen LogP contribution is -2.64. The van der Waals surface area contributed by atoms with E-state index in [2.05, 4.69) is 46.6 Å². The van der Waals surface area contributed by atoms with Crippen molar-refractivity contribution in [2.45, 2.75) is 62.6 Å². The highest BCUT2D eigenvalue weighted by molar-refractivity contribution is 7.16. The number of amides is 1. The Balaban J connectivity index is 1.31. The van der Waals surface area contributed by atoms with Crippen LogP contribution in [-0.2, 0) is 9.53 Å². The van der Waals surface area contributed by atoms with E-state index in [-0.39, 0.29) is 18.6 Å². The second-order valence-corrected chi connectivity index (χ2v) is 12.0. The van der Waals surface area contributed by atoms with Gasteiger partial charge in [-0.15, -0.1) is 11.3 Å². The van der Waals surface area contributed by atoms with Crippen molar-refractivity contribution < 1.29 is 30.0 Å². The number of anilines is 1. The molecule has 0 bridgehead atoms. The Kier molecular flexibility index (Phi) is 9.90. The number of fused-ring (bicyclic) bond motifs is 1. The van der Waals surface area contributed by atoms with Crippen molar-refractivity contribution in [3.05, 3.63) is 59.0 Å². The van der Waals surface area contributed by atoms with E-state index >= 15 is 0 Å². The van der Waals surface area contributed by atoms with Gasteiger partial charge in [0, 0.05) is 35.1 Å². The SMILES string of the molecule is N#C/C(=C\c1ccc(-c2ccc3cc(N4CCCCC4)ccc3c2)s1)C(=O)N[C@H]1C(CCCO)O[C@H](CO)[C@@H](O)[C@@H]1O. The van der Waals surface area contributed by atoms with Gasteiger partial charge in [-0.05, 0) is 84.8 Å². The van der Waals surface area contributed by atoms with Crippen molar-refractivity contribution in [2.24, 2.45) is 0 Å². The van der Waals surface area contributed by atoms with E-state index < -0.39 is 43.0 Å². The van der Waals surface area contributed by atoms with E-state index in [0.717, 1.165) is 33.8 Å². The van der Waals surface area contributed by atoms with E-state index in [1.807, 2.05) is 18.2 Å². The Morgan fingerprint density at radius 2 is 1.79 bits per heavy atom. The van der Waals surface area contributed by atoms with E-state index in [9.17, 15) is 30.5 Å². The quantitative estimate of drug-likeness (QED) is 0.188. The fourth-order valence-electron chi connectivity index (χ4n) is 5.75. The van der Waals surface area contributed by atoms with Crippen molar-refractivity contribution in [2.75, 3.05) is 31.2 Å². The zero-order valence-electron chi connectivity index (χ0n) is 23.4. The number of piperidine rings is 1. The van der Waals surface area contributed by atoms with Crippen LogP contribution >= 0.6 is 11.3 Å². The third-order valence-corrected chi connectivity index (χ3v) is 9.16. The zero-order chi connectivity index (χ0) is 29.6. The zero-order valence-corrected chi connectivity index (χ0v) is 24.2. The summed E-state index contributed by atoms with van der Waals surface area (Å²) in [5.74, 6) is -0.709. The van der Waals surface area contributed by atoms with Crippen LogP contribution in [0.1, 0.15) is 37.0 Å². The smallest absolute Gasteiger partial charge is 0.262 e. The van der Waals surface area contributed by atoms with Gasteiger partial charge in [0.2, 0.25) is 0 Å². The summed E-state index contributed by atoms with van der Waals surface area (Å²) in [4.78, 5) is 17.3. The van der Waals surface area contributed by atoms with Crippen LogP contribution in [0.4, 0.5) is 5.69 Å². The molecule has 1 amide bonds. The minimum absolute atomic E-state index is 0.121. The van der Waals surface area contributed by atoms with Gasteiger partial charge in [-0.2, -0.15) is 5.26 Å². The molecule has 3 aromatic rings. The largest absolute Gasteiger partial charge is 0.396 e. The van der Waals surface area contributed by atoms with Crippen LogP contribution in [0, 0.1) is 11.3 Å². The van der Waals surface area contributed by atoms with Gasteiger partial charge in [-0.25, -0.2) is 0 Å². The van der Waals surface area contributed by atoms with Gasteiger partial charge in [0.25, 0.3) is 5.91 Å². The van der Waals surface area contributed by atoms with Crippen LogP contribution in [0.3, 0.4) is 0 Å². The average Bonchev–Trinajstić information content (AvgIpc) is 3.50. The number of aliphatic hydroxyl groups excluding tert-OH is 4. The molecule has 10 heteroatoms. The van der Waals surface area contributed by atoms with Gasteiger partial charge in [-0.1, -0.05) is 18.2 Å². The number of benzene rings is 2. The van der Waals surface area contributed by atoms with Gasteiger partial charge < -0.3 is 35.4 Å². The summed E-state index contributed by atoms with van der Waals surface area (Å²) in [6, 6.07) is 17.7. The number of rotatable bonds is 9. The standard InChI is InChI=1S/C32H37N3O6S/c33-18-23(32(40)34-29-26(5-4-14-36)41-27(19-37)30(38)31(29)39)17-25-10-11-28(42-25)22-7-6-21-16-24(9-8-20(21)15-22)35-12-2-1-3-13-35/h6-11,15-17,26-27,29-31,36-39H,1-5,12-14,19H2,(H,34,40)/b23-17+/t26?,27-,29+,30-,31-/m1/s1. The molecule has 9 nitrogen and oxygen atoms in total. The normalized spacial score (nSPS) is 24.9. The number of thiophene rings is 1. The molecule has 0 radical (unpaired) electrons. The second-order valence-electron chi connectivity index (χ2n) is 10.9. The van der Waals surface area contributed by atoms with Crippen molar-refractivity contribution in [1.29, 1.82) is 5.26 Å². The minimum Gasteiger partial charge on any atom is -0.396 e. The summed E-state index contributed by atoms with van der Waals surface area (Å²) in [7, 11) is 0. The van der Waals surface area contributed by atoms with Gasteiger partial charge in [0.15, 0.2) is 0 Å². The molecule has 5 N–H and O–H groups in total. The number of hydrogen-bond donors (Lipinski definition) is 5. The van der Waals surface area contributed by atoms with Crippen molar-refractivity contribution >= 4 is 39.8 Å². The van der Waals surface area contributed by atoms with Gasteiger partial charge in [0.05, 0.1) is 18.8 Å². The molecule has 2 saturated heterocycles. The number of aliphatic hydroxyl groups is 4. The first kappa shape index (κ1) is 30.2. The molecule has 1 aromatic heterocycles. The molecule has 222 valence electrons. The Morgan fingerprint density at radius 3 is 2.52 bits per heavy atom. The maximum Gasteiger partial charge on any atom is 0.262 e. The molecule has 2 aliphatic rings. The number of nitrogens with zero attached hydrogens (tertiary/aromatic N) is 2. The molecule has 2 fully saturated rings. The molecular weight excluding hydrogens is 554 g/mol. The number of ether oxygens (including phenoxy) is 1. The molecule has 0 spiro atoms. The highest BCUT2D eigenvalue weighted by Crippen LogP contribution is 2.33. The molecule has 2 aromatic carbocycles. The van der Waals surface area contributed by atoms with E-state index in [0.29, 0.717) is 6.42 Å². The number of carbonyl (C=O) groups is 1. The van der Waals surface area contributed by atoms with E-state index in [1.165, 1.54) is 47.7 Å². The Labute approximate surface area is 249 Å². The Hall–Kier alpha value is -3.30. The number of nitrogens with one attached hydrogen (secondary N) is 1. The predicted molar refractivity (Wildman–Crippen MR) is 163 cm³/mol. The summed E-state index contributed by atoms with van der Waals surface area (Å²) in [5.41, 5.74) is 2.15. The second kappa shape index (κ2) is 13.8. The highest BCUT2D eigenvalue weighted by Gasteiger charge is 2.44.